The number of methoxy groups -OCH3 is 1. The number of likely N-dealkylation sites (tertiary alicyclic amines) is 1. The highest BCUT2D eigenvalue weighted by molar-refractivity contribution is 5.68. The Morgan fingerprint density at radius 2 is 2.60 bits per heavy atom. The van der Waals surface area contributed by atoms with Crippen LogP contribution >= 0.6 is 0 Å². The van der Waals surface area contributed by atoms with Gasteiger partial charge in [0.05, 0.1) is 25.0 Å². The second kappa shape index (κ2) is 3.80. The summed E-state index contributed by atoms with van der Waals surface area (Å²) < 4.78 is 4.71. The highest BCUT2D eigenvalue weighted by Gasteiger charge is 2.31. The number of aromatic amines is 1. The smallest absolute Gasteiger partial charge is 0.410 e. The molecule has 6 nitrogen and oxygen atoms in total. The van der Waals surface area contributed by atoms with Gasteiger partial charge in [-0.2, -0.15) is 0 Å². The van der Waals surface area contributed by atoms with Crippen molar-refractivity contribution in [2.24, 2.45) is 0 Å². The summed E-state index contributed by atoms with van der Waals surface area (Å²) in [6, 6.07) is 0.0160. The number of H-pyrrole nitrogens is 1. The number of aromatic nitrogens is 2. The van der Waals surface area contributed by atoms with E-state index in [0.29, 0.717) is 5.95 Å². The molecule has 0 saturated carbocycles. The van der Waals surface area contributed by atoms with E-state index in [0.717, 1.165) is 25.1 Å². The fraction of sp³-hybridized carbons (Fsp3) is 0.556. The van der Waals surface area contributed by atoms with Crippen LogP contribution < -0.4 is 5.73 Å². The summed E-state index contributed by atoms with van der Waals surface area (Å²) in [4.78, 5) is 20.0. The van der Waals surface area contributed by atoms with Crippen LogP contribution in [-0.2, 0) is 4.74 Å². The number of carbonyl (C=O) groups excluding carboxylic acids is 1. The Morgan fingerprint density at radius 1 is 1.80 bits per heavy atom. The number of amides is 1. The highest BCUT2D eigenvalue weighted by atomic mass is 16.5. The van der Waals surface area contributed by atoms with Crippen LogP contribution in [0.25, 0.3) is 0 Å². The summed E-state index contributed by atoms with van der Waals surface area (Å²) in [6.07, 6.45) is 3.25. The molecule has 1 amide bonds. The van der Waals surface area contributed by atoms with Gasteiger partial charge in [0.2, 0.25) is 0 Å². The molecule has 0 radical (unpaired) electrons. The number of ether oxygens (including phenoxy) is 1. The van der Waals surface area contributed by atoms with Crippen LogP contribution in [0.4, 0.5) is 10.7 Å². The summed E-state index contributed by atoms with van der Waals surface area (Å²) in [5, 5.41) is 0. The molecule has 1 aliphatic rings. The van der Waals surface area contributed by atoms with Crippen LogP contribution in [0.1, 0.15) is 24.6 Å². The van der Waals surface area contributed by atoms with Gasteiger partial charge in [0.15, 0.2) is 5.95 Å². The zero-order chi connectivity index (χ0) is 10.8. The first kappa shape index (κ1) is 9.82. The molecular weight excluding hydrogens is 196 g/mol. The van der Waals surface area contributed by atoms with Crippen LogP contribution in [0, 0.1) is 0 Å². The van der Waals surface area contributed by atoms with Gasteiger partial charge in [-0.3, -0.25) is 4.90 Å². The molecule has 82 valence electrons. The average Bonchev–Trinajstić information content (AvgIpc) is 2.84. The van der Waals surface area contributed by atoms with Crippen molar-refractivity contribution < 1.29 is 9.53 Å². The average molecular weight is 210 g/mol. The van der Waals surface area contributed by atoms with E-state index in [9.17, 15) is 4.79 Å². The molecule has 1 unspecified atom stereocenters. The lowest BCUT2D eigenvalue weighted by molar-refractivity contribution is 0.118. The number of anilines is 1. The predicted octanol–water partition coefficient (Wildman–Crippen LogP) is 0.895. The minimum absolute atomic E-state index is 0.0160. The van der Waals surface area contributed by atoms with E-state index in [1.54, 1.807) is 11.1 Å². The molecule has 1 saturated heterocycles. The predicted molar refractivity (Wildman–Crippen MR) is 54.1 cm³/mol. The number of nitrogens with zero attached hydrogens (tertiary/aromatic N) is 2. The molecule has 1 aliphatic heterocycles. The number of carbonyl (C=O) groups is 1. The lowest BCUT2D eigenvalue weighted by Gasteiger charge is -2.21. The van der Waals surface area contributed by atoms with E-state index in [4.69, 9.17) is 10.5 Å². The fourth-order valence-electron chi connectivity index (χ4n) is 1.95. The number of nitrogen functional groups attached to an aromatic ring is 1. The van der Waals surface area contributed by atoms with Crippen molar-refractivity contribution in [3.63, 3.8) is 0 Å². The Balaban J connectivity index is 2.18. The second-order valence-corrected chi connectivity index (χ2v) is 3.55. The minimum atomic E-state index is -0.300. The summed E-state index contributed by atoms with van der Waals surface area (Å²) in [5.41, 5.74) is 6.37. The Kier molecular flexibility index (Phi) is 2.49. The molecule has 0 spiro atoms. The molecular formula is C9H14N4O2. The third-order valence-corrected chi connectivity index (χ3v) is 2.64. The molecule has 3 N–H and O–H groups in total. The standard InChI is InChI=1S/C9H14N4O2/c1-15-9(14)13-4-2-3-7(13)6-5-11-8(10)12-6/h5,7H,2-4H2,1H3,(H3,10,11,12). The first-order valence-electron chi connectivity index (χ1n) is 4.87. The first-order valence-corrected chi connectivity index (χ1v) is 4.87. The number of hydrogen-bond acceptors (Lipinski definition) is 4. The van der Waals surface area contributed by atoms with Crippen LogP contribution in [0.15, 0.2) is 6.20 Å². The van der Waals surface area contributed by atoms with Gasteiger partial charge in [-0.1, -0.05) is 0 Å². The number of rotatable bonds is 1. The molecule has 0 aromatic carbocycles. The van der Waals surface area contributed by atoms with Gasteiger partial charge in [0.25, 0.3) is 0 Å². The maximum atomic E-state index is 11.4. The van der Waals surface area contributed by atoms with Crippen molar-refractivity contribution in [2.45, 2.75) is 18.9 Å². The fourth-order valence-corrected chi connectivity index (χ4v) is 1.95. The Hall–Kier alpha value is -1.72. The van der Waals surface area contributed by atoms with Crippen molar-refractivity contribution in [1.82, 2.24) is 14.9 Å². The van der Waals surface area contributed by atoms with E-state index in [1.165, 1.54) is 7.11 Å². The van der Waals surface area contributed by atoms with Gasteiger partial charge in [0.1, 0.15) is 0 Å². The Bertz CT molecular complexity index is 363. The number of nitrogens with two attached hydrogens (primary N) is 1. The number of nitrogens with one attached hydrogen (secondary N) is 1. The van der Waals surface area contributed by atoms with Crippen molar-refractivity contribution in [3.05, 3.63) is 11.9 Å². The largest absolute Gasteiger partial charge is 0.453 e. The third kappa shape index (κ3) is 1.74. The van der Waals surface area contributed by atoms with Crippen LogP contribution in [0.5, 0.6) is 0 Å². The maximum absolute atomic E-state index is 11.4. The van der Waals surface area contributed by atoms with Crippen molar-refractivity contribution in [3.8, 4) is 0 Å². The Morgan fingerprint density at radius 3 is 3.20 bits per heavy atom. The molecule has 2 heterocycles. The molecule has 0 bridgehead atoms. The maximum Gasteiger partial charge on any atom is 0.410 e. The van der Waals surface area contributed by atoms with Gasteiger partial charge in [-0.15, -0.1) is 0 Å². The summed E-state index contributed by atoms with van der Waals surface area (Å²) >= 11 is 0. The number of hydrogen-bond donors (Lipinski definition) is 2. The topological polar surface area (TPSA) is 84.2 Å². The molecule has 1 atom stereocenters. The van der Waals surface area contributed by atoms with E-state index in [2.05, 4.69) is 9.97 Å². The molecule has 2 rings (SSSR count). The van der Waals surface area contributed by atoms with Gasteiger partial charge in [0, 0.05) is 6.54 Å². The molecule has 1 fully saturated rings. The van der Waals surface area contributed by atoms with Crippen LogP contribution in [0.3, 0.4) is 0 Å². The quantitative estimate of drug-likeness (QED) is 0.721. The van der Waals surface area contributed by atoms with Gasteiger partial charge in [-0.05, 0) is 12.8 Å². The van der Waals surface area contributed by atoms with E-state index < -0.39 is 0 Å². The summed E-state index contributed by atoms with van der Waals surface area (Å²) in [6.45, 7) is 0.719. The molecule has 1 aromatic rings. The highest BCUT2D eigenvalue weighted by Crippen LogP contribution is 2.31. The summed E-state index contributed by atoms with van der Waals surface area (Å²) in [5.74, 6) is 0.377. The van der Waals surface area contributed by atoms with Gasteiger partial charge < -0.3 is 15.5 Å². The normalized spacial score (nSPS) is 20.6. The van der Waals surface area contributed by atoms with E-state index in [1.807, 2.05) is 0 Å². The summed E-state index contributed by atoms with van der Waals surface area (Å²) in [7, 11) is 1.39. The molecule has 15 heavy (non-hydrogen) atoms. The zero-order valence-corrected chi connectivity index (χ0v) is 8.56. The second-order valence-electron chi connectivity index (χ2n) is 3.55. The lowest BCUT2D eigenvalue weighted by Crippen LogP contribution is -2.30. The minimum Gasteiger partial charge on any atom is -0.453 e. The monoisotopic (exact) mass is 210 g/mol. The van der Waals surface area contributed by atoms with E-state index >= 15 is 0 Å². The van der Waals surface area contributed by atoms with Crippen LogP contribution in [0.2, 0.25) is 0 Å². The molecule has 6 heteroatoms. The van der Waals surface area contributed by atoms with Gasteiger partial charge >= 0.3 is 6.09 Å². The van der Waals surface area contributed by atoms with Crippen molar-refractivity contribution in [1.29, 1.82) is 0 Å². The molecule has 1 aromatic heterocycles. The zero-order valence-electron chi connectivity index (χ0n) is 8.56. The molecule has 0 aliphatic carbocycles. The Labute approximate surface area is 87.4 Å². The van der Waals surface area contributed by atoms with Crippen molar-refractivity contribution in [2.75, 3.05) is 19.4 Å². The van der Waals surface area contributed by atoms with Crippen LogP contribution in [-0.4, -0.2) is 34.6 Å². The third-order valence-electron chi connectivity index (χ3n) is 2.64. The lowest BCUT2D eigenvalue weighted by atomic mass is 10.2. The SMILES string of the molecule is COC(=O)N1CCCC1c1cnc(N)[nH]1. The number of imidazole rings is 1. The van der Waals surface area contributed by atoms with Gasteiger partial charge in [-0.25, -0.2) is 9.78 Å². The first-order chi connectivity index (χ1) is 7.22. The van der Waals surface area contributed by atoms with Crippen molar-refractivity contribution >= 4 is 12.0 Å². The van der Waals surface area contributed by atoms with E-state index in [-0.39, 0.29) is 12.1 Å².